The zero-order chi connectivity index (χ0) is 10.7. The summed E-state index contributed by atoms with van der Waals surface area (Å²) >= 11 is 0. The molecule has 15 heavy (non-hydrogen) atoms. The van der Waals surface area contributed by atoms with E-state index in [2.05, 4.69) is 28.9 Å². The van der Waals surface area contributed by atoms with Crippen LogP contribution in [0.3, 0.4) is 0 Å². The highest BCUT2D eigenvalue weighted by Crippen LogP contribution is 2.23. The van der Waals surface area contributed by atoms with E-state index in [4.69, 9.17) is 4.84 Å². The molecule has 7 heteroatoms. The topological polar surface area (TPSA) is 42.8 Å². The number of hydrogen-bond acceptors (Lipinski definition) is 2. The van der Waals surface area contributed by atoms with Gasteiger partial charge in [0.1, 0.15) is 0 Å². The van der Waals surface area contributed by atoms with Gasteiger partial charge in [0.15, 0.2) is 14.3 Å². The van der Waals surface area contributed by atoms with Crippen molar-refractivity contribution in [3.8, 4) is 5.75 Å². The first kappa shape index (κ1) is 10.8. The van der Waals surface area contributed by atoms with Crippen molar-refractivity contribution in [3.05, 3.63) is 29.3 Å². The monoisotopic (exact) mass is 259 g/mol. The SMILES string of the molecule is Cc1cccc(On2pn[pH][nH][pH]2)c1C. The smallest absolute Gasteiger partial charge is 0.182 e. The maximum absolute atomic E-state index is 5.75. The van der Waals surface area contributed by atoms with Crippen molar-refractivity contribution in [1.82, 2.24) is 13.3 Å². The normalized spacial score (nSPS) is 11.6. The molecule has 0 bridgehead atoms. The van der Waals surface area contributed by atoms with Gasteiger partial charge in [-0.3, -0.25) is 0 Å². The van der Waals surface area contributed by atoms with Gasteiger partial charge in [-0.2, -0.15) is 4.51 Å². The zero-order valence-electron chi connectivity index (χ0n) is 8.48. The molecule has 2 rings (SSSR count). The van der Waals surface area contributed by atoms with Crippen LogP contribution in [0.15, 0.2) is 18.2 Å². The molecular weight excluding hydrogens is 247 g/mol. The second kappa shape index (κ2) is 4.90. The van der Waals surface area contributed by atoms with Crippen molar-refractivity contribution < 1.29 is 4.84 Å². The largest absolute Gasteiger partial charge is 0.366 e. The molecule has 2 aromatic rings. The first-order chi connectivity index (χ1) is 7.27. The lowest BCUT2D eigenvalue weighted by atomic mass is 10.1. The molecule has 0 fully saturated rings. The summed E-state index contributed by atoms with van der Waals surface area (Å²) in [4.78, 5) is 5.75. The van der Waals surface area contributed by atoms with E-state index < -0.39 is 0 Å². The van der Waals surface area contributed by atoms with Crippen LogP contribution < -0.4 is 4.84 Å². The molecule has 80 valence electrons. The van der Waals surface area contributed by atoms with E-state index in [0.717, 1.165) is 14.3 Å². The summed E-state index contributed by atoms with van der Waals surface area (Å²) in [6.07, 6.45) is 0. The Morgan fingerprint density at radius 2 is 2.33 bits per heavy atom. The van der Waals surface area contributed by atoms with Gasteiger partial charge in [0.05, 0.1) is 8.51 Å². The summed E-state index contributed by atoms with van der Waals surface area (Å²) in [6, 6.07) is 6.08. The quantitative estimate of drug-likeness (QED) is 0.897. The highest BCUT2D eigenvalue weighted by molar-refractivity contribution is 7.44. The van der Waals surface area contributed by atoms with Crippen LogP contribution in [0.5, 0.6) is 5.75 Å². The Morgan fingerprint density at radius 1 is 1.47 bits per heavy atom. The number of rotatable bonds is 2. The second-order valence-electron chi connectivity index (χ2n) is 3.10. The fourth-order valence-electron chi connectivity index (χ4n) is 1.14. The van der Waals surface area contributed by atoms with E-state index in [9.17, 15) is 0 Å². The van der Waals surface area contributed by atoms with Crippen LogP contribution in [0.1, 0.15) is 11.1 Å². The van der Waals surface area contributed by atoms with Gasteiger partial charge in [0.25, 0.3) is 0 Å². The third kappa shape index (κ3) is 2.66. The van der Waals surface area contributed by atoms with Crippen molar-refractivity contribution >= 4 is 25.5 Å². The van der Waals surface area contributed by atoms with Gasteiger partial charge in [0, 0.05) is 8.51 Å². The summed E-state index contributed by atoms with van der Waals surface area (Å²) in [7, 11) is 1.87. The van der Waals surface area contributed by atoms with Gasteiger partial charge < -0.3 is 9.35 Å². The second-order valence-corrected chi connectivity index (χ2v) is 6.67. The number of benzene rings is 1. The molecule has 0 saturated heterocycles. The highest BCUT2D eigenvalue weighted by atomic mass is 31.1. The number of H-pyrrole nitrogens is 1. The molecule has 2 atom stereocenters. The van der Waals surface area contributed by atoms with E-state index in [1.165, 1.54) is 11.1 Å². The van der Waals surface area contributed by atoms with E-state index in [0.29, 0.717) is 17.0 Å². The minimum atomic E-state index is 0.479. The molecule has 0 saturated carbocycles. The van der Waals surface area contributed by atoms with Crippen molar-refractivity contribution in [2.75, 3.05) is 0 Å². The van der Waals surface area contributed by atoms with Gasteiger partial charge in [-0.05, 0) is 31.0 Å². The van der Waals surface area contributed by atoms with Gasteiger partial charge >= 0.3 is 0 Å². The fourth-order valence-corrected chi connectivity index (χ4v) is 4.18. The van der Waals surface area contributed by atoms with Crippen LogP contribution in [0, 0.1) is 13.8 Å². The number of nitrogens with zero attached hydrogens (tertiary/aromatic N) is 2. The Kier molecular flexibility index (Phi) is 3.53. The lowest BCUT2D eigenvalue weighted by Crippen LogP contribution is -1.99. The summed E-state index contributed by atoms with van der Waals surface area (Å²) in [5.41, 5.74) is 2.43. The summed E-state index contributed by atoms with van der Waals surface area (Å²) in [5.74, 6) is 0.914. The Morgan fingerprint density at radius 3 is 3.07 bits per heavy atom. The van der Waals surface area contributed by atoms with Crippen LogP contribution >= 0.6 is 25.5 Å². The van der Waals surface area contributed by atoms with Crippen molar-refractivity contribution in [2.45, 2.75) is 13.8 Å². The van der Waals surface area contributed by atoms with Gasteiger partial charge in [0.2, 0.25) is 0 Å². The van der Waals surface area contributed by atoms with E-state index >= 15 is 0 Å². The molecule has 0 aliphatic heterocycles. The summed E-state index contributed by atoms with van der Waals surface area (Å²) in [5, 5.41) is 0. The maximum Gasteiger partial charge on any atom is 0.182 e. The first-order valence-electron chi connectivity index (χ1n) is 4.48. The standard InChI is InChI=1S/C8H12N3OP3/c1-6-4-3-5-8(7(6)2)12-11-14-9-13-10-15-11/h3-5,9,13-14H,1-2H3. The number of aromatic nitrogens is 3. The molecule has 1 aromatic carbocycles. The van der Waals surface area contributed by atoms with Gasteiger partial charge in [-0.25, -0.2) is 0 Å². The number of nitrogens with one attached hydrogen (secondary N) is 1. The molecule has 0 spiro atoms. The Hall–Kier alpha value is -0.680. The number of hydrogen-bond donors (Lipinski definition) is 1. The number of aromatic amines is 1. The number of aryl methyl sites for hydroxylation is 1. The van der Waals surface area contributed by atoms with E-state index in [-0.39, 0.29) is 0 Å². The minimum Gasteiger partial charge on any atom is -0.366 e. The average molecular weight is 259 g/mol. The van der Waals surface area contributed by atoms with Crippen molar-refractivity contribution in [3.63, 3.8) is 0 Å². The Bertz CT molecular complexity index is 466. The van der Waals surface area contributed by atoms with Crippen LogP contribution in [0.25, 0.3) is 0 Å². The van der Waals surface area contributed by atoms with Crippen molar-refractivity contribution in [1.29, 1.82) is 0 Å². The average Bonchev–Trinajstić information content (AvgIpc) is 2.26. The van der Waals surface area contributed by atoms with Crippen LogP contribution in [-0.4, -0.2) is 13.3 Å². The van der Waals surface area contributed by atoms with E-state index in [1.54, 1.807) is 0 Å². The lowest BCUT2D eigenvalue weighted by molar-refractivity contribution is 0.274. The Balaban J connectivity index is 2.29. The molecule has 0 aliphatic rings. The molecule has 2 unspecified atom stereocenters. The molecule has 0 radical (unpaired) electrons. The lowest BCUT2D eigenvalue weighted by Gasteiger charge is -2.10. The molecule has 4 nitrogen and oxygen atoms in total. The predicted molar refractivity (Wildman–Crippen MR) is 67.7 cm³/mol. The zero-order valence-corrected chi connectivity index (χ0v) is 11.4. The Labute approximate surface area is 93.0 Å². The molecule has 1 heterocycles. The van der Waals surface area contributed by atoms with Crippen molar-refractivity contribution in [2.24, 2.45) is 0 Å². The summed E-state index contributed by atoms with van der Waals surface area (Å²) in [6.45, 7) is 4.16. The molecule has 0 amide bonds. The first-order valence-corrected chi connectivity index (χ1v) is 7.17. The molecule has 0 aliphatic carbocycles. The molecule has 1 N–H and O–H groups in total. The fraction of sp³-hybridized carbons (Fsp3) is 0.250. The molecular formula is C8H12N3OP3. The highest BCUT2D eigenvalue weighted by Gasteiger charge is 2.02. The minimum absolute atomic E-state index is 0.479. The maximum atomic E-state index is 5.75. The van der Waals surface area contributed by atoms with Gasteiger partial charge in [-0.1, -0.05) is 12.1 Å². The van der Waals surface area contributed by atoms with Crippen LogP contribution in [0.4, 0.5) is 0 Å². The predicted octanol–water partition coefficient (Wildman–Crippen LogP) is 3.44. The summed E-state index contributed by atoms with van der Waals surface area (Å²) < 4.78 is 9.19. The van der Waals surface area contributed by atoms with E-state index in [1.807, 2.05) is 16.4 Å². The van der Waals surface area contributed by atoms with Crippen LogP contribution in [-0.2, 0) is 0 Å². The third-order valence-corrected chi connectivity index (χ3v) is 4.87. The molecule has 1 aromatic heterocycles. The third-order valence-electron chi connectivity index (χ3n) is 2.12. The van der Waals surface area contributed by atoms with Crippen LogP contribution in [0.2, 0.25) is 0 Å². The van der Waals surface area contributed by atoms with Gasteiger partial charge in [-0.15, -0.1) is 4.26 Å².